The average Bonchev–Trinajstić information content (AvgIpc) is 2.04. The van der Waals surface area contributed by atoms with Crippen LogP contribution in [-0.2, 0) is 4.79 Å². The van der Waals surface area contributed by atoms with Crippen molar-refractivity contribution in [1.29, 1.82) is 0 Å². The van der Waals surface area contributed by atoms with Crippen LogP contribution < -0.4 is 5.69 Å². The van der Waals surface area contributed by atoms with E-state index >= 15 is 0 Å². The fourth-order valence-electron chi connectivity index (χ4n) is 0.249. The third-order valence-corrected chi connectivity index (χ3v) is 0.747. The fraction of sp³-hybridized carbons (Fsp3) is 0.200. The molecular formula is C5H4F3N3O3. The zero-order valence-electron chi connectivity index (χ0n) is 6.45. The summed E-state index contributed by atoms with van der Waals surface area (Å²) >= 11 is 0. The molecule has 0 fully saturated rings. The predicted octanol–water partition coefficient (Wildman–Crippen LogP) is -0.202. The maximum Gasteiger partial charge on any atom is 0.490 e. The first-order valence-electron chi connectivity index (χ1n) is 2.99. The average molecular weight is 211 g/mol. The third-order valence-electron chi connectivity index (χ3n) is 0.747. The van der Waals surface area contributed by atoms with Crippen LogP contribution in [0.2, 0.25) is 0 Å². The number of alkyl halides is 3. The monoisotopic (exact) mass is 211 g/mol. The molecule has 0 unspecified atom stereocenters. The van der Waals surface area contributed by atoms with E-state index < -0.39 is 12.1 Å². The van der Waals surface area contributed by atoms with Crippen LogP contribution in [0.5, 0.6) is 0 Å². The molecule has 9 heteroatoms. The number of carboxylic acids is 1. The number of carboxylic acid groups (broad SMARTS) is 1. The van der Waals surface area contributed by atoms with Crippen molar-refractivity contribution in [2.24, 2.45) is 0 Å². The molecule has 0 radical (unpaired) electrons. The van der Waals surface area contributed by atoms with Crippen LogP contribution in [0.1, 0.15) is 0 Å². The van der Waals surface area contributed by atoms with Gasteiger partial charge in [-0.15, -0.1) is 0 Å². The van der Waals surface area contributed by atoms with Crippen LogP contribution in [0.4, 0.5) is 13.2 Å². The highest BCUT2D eigenvalue weighted by molar-refractivity contribution is 5.73. The van der Waals surface area contributed by atoms with E-state index in [2.05, 4.69) is 15.0 Å². The second-order valence-corrected chi connectivity index (χ2v) is 1.78. The summed E-state index contributed by atoms with van der Waals surface area (Å²) in [6.07, 6.45) is -2.60. The number of nitrogens with one attached hydrogen (secondary N) is 1. The van der Waals surface area contributed by atoms with Gasteiger partial charge in [-0.05, 0) is 0 Å². The lowest BCUT2D eigenvalue weighted by Gasteiger charge is -1.93. The van der Waals surface area contributed by atoms with Gasteiger partial charge in [-0.1, -0.05) is 0 Å². The van der Waals surface area contributed by atoms with Gasteiger partial charge < -0.3 is 5.11 Å². The quantitative estimate of drug-likeness (QED) is 0.619. The minimum absolute atomic E-state index is 0.366. The van der Waals surface area contributed by atoms with Gasteiger partial charge in [0.1, 0.15) is 6.33 Å². The maximum atomic E-state index is 10.6. The number of carbonyl (C=O) groups is 1. The van der Waals surface area contributed by atoms with Crippen LogP contribution in [-0.4, -0.2) is 32.2 Å². The van der Waals surface area contributed by atoms with E-state index in [9.17, 15) is 18.0 Å². The highest BCUT2D eigenvalue weighted by Gasteiger charge is 2.38. The second kappa shape index (κ2) is 4.94. The van der Waals surface area contributed by atoms with Crippen molar-refractivity contribution in [3.63, 3.8) is 0 Å². The Kier molecular flexibility index (Phi) is 4.26. The molecule has 0 aliphatic carbocycles. The van der Waals surface area contributed by atoms with Crippen molar-refractivity contribution in [3.05, 3.63) is 23.1 Å². The molecule has 14 heavy (non-hydrogen) atoms. The van der Waals surface area contributed by atoms with E-state index in [4.69, 9.17) is 9.90 Å². The third kappa shape index (κ3) is 5.69. The Balaban J connectivity index is 0.000000241. The van der Waals surface area contributed by atoms with Crippen molar-refractivity contribution >= 4 is 5.97 Å². The molecule has 0 bridgehead atoms. The van der Waals surface area contributed by atoms with Crippen molar-refractivity contribution in [2.75, 3.05) is 0 Å². The number of hydrogen-bond acceptors (Lipinski definition) is 4. The maximum absolute atomic E-state index is 10.6. The molecule has 0 atom stereocenters. The predicted molar refractivity (Wildman–Crippen MR) is 36.3 cm³/mol. The Morgan fingerprint density at radius 3 is 2.14 bits per heavy atom. The lowest BCUT2D eigenvalue weighted by Crippen LogP contribution is -2.21. The van der Waals surface area contributed by atoms with Gasteiger partial charge in [0.25, 0.3) is 0 Å². The number of aromatic amines is 1. The van der Waals surface area contributed by atoms with Gasteiger partial charge in [0.2, 0.25) is 0 Å². The van der Waals surface area contributed by atoms with Crippen LogP contribution in [0.15, 0.2) is 17.4 Å². The highest BCUT2D eigenvalue weighted by Crippen LogP contribution is 2.13. The van der Waals surface area contributed by atoms with Crippen LogP contribution in [0.25, 0.3) is 0 Å². The smallest absolute Gasteiger partial charge is 0.475 e. The molecule has 0 saturated carbocycles. The second-order valence-electron chi connectivity index (χ2n) is 1.78. The zero-order chi connectivity index (χ0) is 11.2. The minimum Gasteiger partial charge on any atom is -0.475 e. The molecule has 0 spiro atoms. The first-order chi connectivity index (χ1) is 6.34. The number of rotatable bonds is 0. The van der Waals surface area contributed by atoms with Gasteiger partial charge in [0, 0.05) is 0 Å². The Morgan fingerprint density at radius 1 is 1.50 bits per heavy atom. The summed E-state index contributed by atoms with van der Waals surface area (Å²) in [6, 6.07) is 0. The molecule has 2 N–H and O–H groups in total. The summed E-state index contributed by atoms with van der Waals surface area (Å²) < 4.78 is 31.7. The lowest BCUT2D eigenvalue weighted by molar-refractivity contribution is -0.192. The Labute approximate surface area is 74.4 Å². The molecule has 0 aliphatic heterocycles. The number of H-pyrrole nitrogens is 1. The summed E-state index contributed by atoms with van der Waals surface area (Å²) in [5, 5.41) is 7.12. The van der Waals surface area contributed by atoms with Gasteiger partial charge in [-0.25, -0.2) is 14.6 Å². The van der Waals surface area contributed by atoms with Gasteiger partial charge in [0.05, 0.1) is 6.33 Å². The van der Waals surface area contributed by atoms with Gasteiger partial charge in [-0.3, -0.25) is 4.98 Å². The largest absolute Gasteiger partial charge is 0.490 e. The van der Waals surface area contributed by atoms with Crippen molar-refractivity contribution < 1.29 is 23.1 Å². The molecule has 78 valence electrons. The summed E-state index contributed by atoms with van der Waals surface area (Å²) in [7, 11) is 0. The Bertz CT molecular complexity index is 330. The summed E-state index contributed by atoms with van der Waals surface area (Å²) in [4.78, 5) is 27.9. The topological polar surface area (TPSA) is 95.9 Å². The van der Waals surface area contributed by atoms with Gasteiger partial charge in [-0.2, -0.15) is 18.2 Å². The van der Waals surface area contributed by atoms with E-state index in [0.717, 1.165) is 0 Å². The van der Waals surface area contributed by atoms with Crippen LogP contribution >= 0.6 is 0 Å². The number of nitrogens with zero attached hydrogens (tertiary/aromatic N) is 2. The van der Waals surface area contributed by atoms with E-state index in [1.54, 1.807) is 0 Å². The molecule has 0 aromatic carbocycles. The summed E-state index contributed by atoms with van der Waals surface area (Å²) in [6.45, 7) is 0. The number of aromatic nitrogens is 3. The summed E-state index contributed by atoms with van der Waals surface area (Å²) in [5.41, 5.74) is -0.366. The molecule has 0 aliphatic rings. The number of hydrogen-bond donors (Lipinski definition) is 2. The van der Waals surface area contributed by atoms with Crippen LogP contribution in [0, 0.1) is 0 Å². The SMILES string of the molecule is O=C(O)C(F)(F)F.O=c1ncnc[nH]1. The van der Waals surface area contributed by atoms with Gasteiger partial charge >= 0.3 is 17.8 Å². The number of aliphatic carboxylic acids is 1. The zero-order valence-corrected chi connectivity index (χ0v) is 6.45. The first-order valence-corrected chi connectivity index (χ1v) is 2.99. The highest BCUT2D eigenvalue weighted by atomic mass is 19.4. The molecule has 0 saturated heterocycles. The molecule has 1 rings (SSSR count). The molecular weight excluding hydrogens is 207 g/mol. The van der Waals surface area contributed by atoms with Crippen molar-refractivity contribution in [1.82, 2.24) is 15.0 Å². The van der Waals surface area contributed by atoms with E-state index in [1.807, 2.05) is 0 Å². The Morgan fingerprint density at radius 2 is 2.00 bits per heavy atom. The lowest BCUT2D eigenvalue weighted by atomic mass is 10.7. The van der Waals surface area contributed by atoms with Gasteiger partial charge in [0.15, 0.2) is 0 Å². The first kappa shape index (κ1) is 12.1. The van der Waals surface area contributed by atoms with Crippen molar-refractivity contribution in [3.8, 4) is 0 Å². The standard InChI is InChI=1S/C3H3N3O.C2HF3O2/c7-3-5-1-4-2-6-3;3-2(4,5)1(6)7/h1-2H,(H,4,5,6,7);(H,6,7). The van der Waals surface area contributed by atoms with Crippen molar-refractivity contribution in [2.45, 2.75) is 6.18 Å². The molecule has 1 aromatic rings. The molecule has 1 aromatic heterocycles. The van der Waals surface area contributed by atoms with E-state index in [0.29, 0.717) is 0 Å². The molecule has 0 amide bonds. The van der Waals surface area contributed by atoms with E-state index in [-0.39, 0.29) is 5.69 Å². The molecule has 1 heterocycles. The van der Waals surface area contributed by atoms with E-state index in [1.165, 1.54) is 12.7 Å². The normalized spacial score (nSPS) is 9.93. The fourth-order valence-corrected chi connectivity index (χ4v) is 0.249. The summed E-state index contributed by atoms with van der Waals surface area (Å²) in [5.74, 6) is -2.76. The van der Waals surface area contributed by atoms with Crippen LogP contribution in [0.3, 0.4) is 0 Å². The number of halogens is 3. The Hall–Kier alpha value is -1.93. The molecule has 6 nitrogen and oxygen atoms in total. The minimum atomic E-state index is -5.08.